The molecule has 0 aliphatic heterocycles. The summed E-state index contributed by atoms with van der Waals surface area (Å²) in [4.78, 5) is 39.3. The van der Waals surface area contributed by atoms with Crippen LogP contribution in [0.4, 0.5) is 11.4 Å². The summed E-state index contributed by atoms with van der Waals surface area (Å²) in [5.74, 6) is -1.28. The number of aromatic nitrogens is 1. The van der Waals surface area contributed by atoms with Crippen LogP contribution in [-0.2, 0) is 9.53 Å². The van der Waals surface area contributed by atoms with Crippen molar-refractivity contribution in [2.45, 2.75) is 0 Å². The maximum Gasteiger partial charge on any atom is 0.358 e. The number of nitrogens with one attached hydrogen (secondary N) is 1. The molecule has 27 heavy (non-hydrogen) atoms. The first kappa shape index (κ1) is 19.1. The van der Waals surface area contributed by atoms with Crippen molar-refractivity contribution >= 4 is 61.9 Å². The summed E-state index contributed by atoms with van der Waals surface area (Å²) in [6.45, 7) is -0.506. The highest BCUT2D eigenvalue weighted by Gasteiger charge is 2.16. The van der Waals surface area contributed by atoms with Gasteiger partial charge in [-0.2, -0.15) is 0 Å². The number of thiazole rings is 1. The third kappa shape index (κ3) is 4.76. The summed E-state index contributed by atoms with van der Waals surface area (Å²) >= 11 is 5.97. The molecule has 2 heterocycles. The number of hydrogen-bond donors (Lipinski definition) is 1. The second kappa shape index (κ2) is 8.37. The lowest BCUT2D eigenvalue weighted by Gasteiger charge is -2.07. The fraction of sp³-hybridized carbons (Fsp3) is 0.0625. The number of rotatable bonds is 6. The number of benzene rings is 1. The van der Waals surface area contributed by atoms with E-state index >= 15 is 0 Å². The molecule has 0 aliphatic carbocycles. The second-order valence-corrected chi connectivity index (χ2v) is 7.72. The van der Waals surface area contributed by atoms with E-state index in [-0.39, 0.29) is 11.4 Å². The highest BCUT2D eigenvalue weighted by Crippen LogP contribution is 2.28. The Balaban J connectivity index is 1.56. The molecule has 0 spiro atoms. The molecule has 1 amide bonds. The number of hydrogen-bond acceptors (Lipinski definition) is 8. The molecule has 8 nitrogen and oxygen atoms in total. The van der Waals surface area contributed by atoms with Gasteiger partial charge in [0.25, 0.3) is 11.6 Å². The van der Waals surface area contributed by atoms with Gasteiger partial charge in [-0.3, -0.25) is 14.9 Å². The topological polar surface area (TPSA) is 111 Å². The lowest BCUT2D eigenvalue weighted by molar-refractivity contribution is -0.384. The molecule has 0 radical (unpaired) electrons. The summed E-state index contributed by atoms with van der Waals surface area (Å²) in [7, 11) is 0. The minimum Gasteiger partial charge on any atom is -0.451 e. The Morgan fingerprint density at radius 2 is 2.11 bits per heavy atom. The number of carbonyl (C=O) groups is 2. The van der Waals surface area contributed by atoms with Crippen LogP contribution < -0.4 is 5.32 Å². The fourth-order valence-electron chi connectivity index (χ4n) is 1.99. The van der Waals surface area contributed by atoms with Crippen molar-refractivity contribution in [2.24, 2.45) is 0 Å². The van der Waals surface area contributed by atoms with E-state index in [0.29, 0.717) is 15.2 Å². The number of nitro benzene ring substituents is 1. The minimum atomic E-state index is -0.702. The number of esters is 1. The van der Waals surface area contributed by atoms with Crippen LogP contribution in [0.25, 0.3) is 9.88 Å². The Morgan fingerprint density at radius 3 is 2.78 bits per heavy atom. The van der Waals surface area contributed by atoms with Crippen molar-refractivity contribution in [1.82, 2.24) is 4.98 Å². The second-order valence-electron chi connectivity index (χ2n) is 5.06. The average Bonchev–Trinajstić information content (AvgIpc) is 3.32. The zero-order valence-corrected chi connectivity index (χ0v) is 16.6. The molecule has 0 saturated carbocycles. The smallest absolute Gasteiger partial charge is 0.358 e. The van der Waals surface area contributed by atoms with Crippen LogP contribution in [0.2, 0.25) is 0 Å². The number of nitrogens with zero attached hydrogens (tertiary/aromatic N) is 2. The van der Waals surface area contributed by atoms with Gasteiger partial charge in [0.1, 0.15) is 5.01 Å². The highest BCUT2D eigenvalue weighted by molar-refractivity contribution is 9.10. The lowest BCUT2D eigenvalue weighted by atomic mass is 10.3. The Kier molecular flexibility index (Phi) is 5.94. The Hall–Kier alpha value is -2.63. The Morgan fingerprint density at radius 1 is 1.30 bits per heavy atom. The van der Waals surface area contributed by atoms with Crippen LogP contribution >= 0.6 is 38.6 Å². The van der Waals surface area contributed by atoms with Gasteiger partial charge in [-0.1, -0.05) is 6.07 Å². The third-order valence-electron chi connectivity index (χ3n) is 3.22. The SMILES string of the molecule is O=C(COC(=O)c1csc(-c2cccs2)n1)Nc1ccc([N+](=O)[O-])cc1Br. The lowest BCUT2D eigenvalue weighted by Crippen LogP contribution is -2.21. The maximum atomic E-state index is 12.0. The first-order valence-electron chi connectivity index (χ1n) is 7.34. The van der Waals surface area contributed by atoms with E-state index in [0.717, 1.165) is 4.88 Å². The molecule has 1 aromatic carbocycles. The van der Waals surface area contributed by atoms with Crippen molar-refractivity contribution < 1.29 is 19.2 Å². The number of nitro groups is 1. The number of anilines is 1. The van der Waals surface area contributed by atoms with Gasteiger partial charge in [0.2, 0.25) is 0 Å². The van der Waals surface area contributed by atoms with E-state index in [9.17, 15) is 19.7 Å². The first-order valence-corrected chi connectivity index (χ1v) is 9.89. The number of amides is 1. The molecule has 3 aromatic rings. The van der Waals surface area contributed by atoms with E-state index in [4.69, 9.17) is 4.74 Å². The maximum absolute atomic E-state index is 12.0. The van der Waals surface area contributed by atoms with Crippen molar-refractivity contribution in [3.8, 4) is 9.88 Å². The summed E-state index contributed by atoms with van der Waals surface area (Å²) in [6, 6.07) is 7.70. The van der Waals surface area contributed by atoms with Crippen LogP contribution in [0.15, 0.2) is 45.6 Å². The van der Waals surface area contributed by atoms with Gasteiger partial charge in [0.05, 0.1) is 15.5 Å². The van der Waals surface area contributed by atoms with Crippen molar-refractivity contribution in [2.75, 3.05) is 11.9 Å². The molecule has 0 atom stereocenters. The van der Waals surface area contributed by atoms with Crippen LogP contribution in [0.1, 0.15) is 10.5 Å². The van der Waals surface area contributed by atoms with Crippen molar-refractivity contribution in [3.63, 3.8) is 0 Å². The van der Waals surface area contributed by atoms with Crippen LogP contribution in [0, 0.1) is 10.1 Å². The molecule has 3 rings (SSSR count). The van der Waals surface area contributed by atoms with Gasteiger partial charge in [0, 0.05) is 22.0 Å². The minimum absolute atomic E-state index is 0.114. The predicted octanol–water partition coefficient (Wildman–Crippen LogP) is 4.34. The average molecular weight is 468 g/mol. The summed E-state index contributed by atoms with van der Waals surface area (Å²) in [5, 5.41) is 17.4. The Bertz CT molecular complexity index is 1000. The summed E-state index contributed by atoms with van der Waals surface area (Å²) in [5.41, 5.74) is 0.347. The van der Waals surface area contributed by atoms with Crippen molar-refractivity contribution in [3.05, 3.63) is 61.4 Å². The molecule has 1 N–H and O–H groups in total. The standard InChI is InChI=1S/C16H10BrN3O5S2/c17-10-6-9(20(23)24)3-4-11(10)18-14(21)7-25-16(22)12-8-27-15(19-12)13-2-1-5-26-13/h1-6,8H,7H2,(H,18,21). The Labute approximate surface area is 169 Å². The molecular formula is C16H10BrN3O5S2. The number of ether oxygens (including phenoxy) is 1. The van der Waals surface area contributed by atoms with E-state index in [1.54, 1.807) is 5.38 Å². The molecular weight excluding hydrogens is 458 g/mol. The summed E-state index contributed by atoms with van der Waals surface area (Å²) in [6.07, 6.45) is 0. The van der Waals surface area contributed by atoms with Crippen LogP contribution in [-0.4, -0.2) is 28.4 Å². The molecule has 11 heteroatoms. The molecule has 0 aliphatic rings. The van der Waals surface area contributed by atoms with E-state index in [1.165, 1.54) is 40.9 Å². The molecule has 138 valence electrons. The predicted molar refractivity (Wildman–Crippen MR) is 105 cm³/mol. The molecule has 2 aromatic heterocycles. The van der Waals surface area contributed by atoms with Crippen molar-refractivity contribution in [1.29, 1.82) is 0 Å². The number of carbonyl (C=O) groups excluding carboxylic acids is 2. The zero-order chi connectivity index (χ0) is 19.4. The first-order chi connectivity index (χ1) is 12.9. The normalized spacial score (nSPS) is 10.4. The fourth-order valence-corrected chi connectivity index (χ4v) is 4.06. The monoisotopic (exact) mass is 467 g/mol. The third-order valence-corrected chi connectivity index (χ3v) is 5.75. The van der Waals surface area contributed by atoms with E-state index in [1.807, 2.05) is 17.5 Å². The largest absolute Gasteiger partial charge is 0.451 e. The molecule has 0 fully saturated rings. The van der Waals surface area contributed by atoms with Crippen LogP contribution in [0.3, 0.4) is 0 Å². The van der Waals surface area contributed by atoms with Crippen LogP contribution in [0.5, 0.6) is 0 Å². The van der Waals surface area contributed by atoms with Gasteiger partial charge in [-0.25, -0.2) is 9.78 Å². The van der Waals surface area contributed by atoms with Gasteiger partial charge in [-0.05, 0) is 33.4 Å². The van der Waals surface area contributed by atoms with Gasteiger partial charge >= 0.3 is 5.97 Å². The van der Waals surface area contributed by atoms with E-state index < -0.39 is 23.4 Å². The molecule has 0 unspecified atom stereocenters. The van der Waals surface area contributed by atoms with Gasteiger partial charge in [-0.15, -0.1) is 22.7 Å². The van der Waals surface area contributed by atoms with Gasteiger partial charge < -0.3 is 10.1 Å². The molecule has 0 saturated heterocycles. The highest BCUT2D eigenvalue weighted by atomic mass is 79.9. The summed E-state index contributed by atoms with van der Waals surface area (Å²) < 4.78 is 5.31. The molecule has 0 bridgehead atoms. The zero-order valence-electron chi connectivity index (χ0n) is 13.4. The number of halogens is 1. The van der Waals surface area contributed by atoms with E-state index in [2.05, 4.69) is 26.2 Å². The quantitative estimate of drug-likeness (QED) is 0.327. The van der Waals surface area contributed by atoms with Gasteiger partial charge in [0.15, 0.2) is 12.3 Å². The number of thiophene rings is 1. The number of non-ortho nitro benzene ring substituents is 1.